The molecule has 3 rings (SSSR count). The third-order valence-corrected chi connectivity index (χ3v) is 5.11. The van der Waals surface area contributed by atoms with Gasteiger partial charge >= 0.3 is 0 Å². The monoisotopic (exact) mass is 293 g/mol. The predicted molar refractivity (Wildman–Crippen MR) is 77.2 cm³/mol. The number of hydrogen-bond acceptors (Lipinski definition) is 2. The highest BCUT2D eigenvalue weighted by Gasteiger charge is 2.39. The van der Waals surface area contributed by atoms with E-state index in [9.17, 15) is 13.6 Å². The Labute approximate surface area is 124 Å². The molecule has 1 saturated carbocycles. The average Bonchev–Trinajstić information content (AvgIpc) is 2.94. The van der Waals surface area contributed by atoms with Gasteiger partial charge in [-0.25, -0.2) is 8.78 Å². The van der Waals surface area contributed by atoms with Crippen molar-refractivity contribution in [1.82, 2.24) is 4.90 Å². The van der Waals surface area contributed by atoms with Crippen molar-refractivity contribution in [3.8, 4) is 0 Å². The van der Waals surface area contributed by atoms with Crippen LogP contribution in [0.5, 0.6) is 0 Å². The lowest BCUT2D eigenvalue weighted by Gasteiger charge is -2.41. The van der Waals surface area contributed by atoms with E-state index in [1.165, 1.54) is 25.3 Å². The first-order valence-corrected chi connectivity index (χ1v) is 7.83. The Hall–Kier alpha value is -1.29. The van der Waals surface area contributed by atoms with Gasteiger partial charge in [0.2, 0.25) is 0 Å². The minimum absolute atomic E-state index is 0.00372. The molecule has 2 aliphatic rings. The van der Waals surface area contributed by atoms with Crippen molar-refractivity contribution in [2.45, 2.75) is 51.1 Å². The van der Waals surface area contributed by atoms with Gasteiger partial charge in [-0.05, 0) is 57.2 Å². The largest absolute Gasteiger partial charge is 0.292 e. The summed E-state index contributed by atoms with van der Waals surface area (Å²) in [6.07, 6.45) is 5.94. The van der Waals surface area contributed by atoms with Crippen molar-refractivity contribution in [1.29, 1.82) is 0 Å². The normalized spacial score (nSPS) is 27.4. The maximum atomic E-state index is 13.8. The predicted octanol–water partition coefficient (Wildman–Crippen LogP) is 3.80. The number of hydrogen-bond donors (Lipinski definition) is 0. The van der Waals surface area contributed by atoms with Crippen LogP contribution in [0.3, 0.4) is 0 Å². The molecule has 1 aromatic carbocycles. The van der Waals surface area contributed by atoms with Crippen LogP contribution in [0.25, 0.3) is 0 Å². The van der Waals surface area contributed by atoms with Gasteiger partial charge in [-0.1, -0.05) is 6.42 Å². The second kappa shape index (κ2) is 5.84. The second-order valence-corrected chi connectivity index (χ2v) is 6.30. The minimum atomic E-state index is -0.758. The SMILES string of the molecule is CC(C(=O)c1ccc(F)cc1F)N1CCCC2CCCC21. The number of ketones is 1. The molecule has 0 aromatic heterocycles. The number of rotatable bonds is 3. The van der Waals surface area contributed by atoms with Gasteiger partial charge in [0.25, 0.3) is 0 Å². The van der Waals surface area contributed by atoms with Gasteiger partial charge in [0.05, 0.1) is 11.6 Å². The van der Waals surface area contributed by atoms with E-state index in [-0.39, 0.29) is 17.4 Å². The number of Topliss-reactive ketones (excluding diaryl/α,β-unsaturated/α-hetero) is 1. The molecule has 4 heteroatoms. The van der Waals surface area contributed by atoms with Gasteiger partial charge in [-0.3, -0.25) is 9.69 Å². The smallest absolute Gasteiger partial charge is 0.182 e. The number of benzene rings is 1. The van der Waals surface area contributed by atoms with E-state index in [0.29, 0.717) is 12.0 Å². The summed E-state index contributed by atoms with van der Waals surface area (Å²) in [5.41, 5.74) is 0.00372. The fourth-order valence-electron chi connectivity index (χ4n) is 4.04. The van der Waals surface area contributed by atoms with Gasteiger partial charge in [0.15, 0.2) is 5.78 Å². The Morgan fingerprint density at radius 1 is 1.24 bits per heavy atom. The zero-order valence-corrected chi connectivity index (χ0v) is 12.3. The molecule has 1 aliphatic heterocycles. The molecular weight excluding hydrogens is 272 g/mol. The number of fused-ring (bicyclic) bond motifs is 1. The molecule has 0 bridgehead atoms. The lowest BCUT2D eigenvalue weighted by molar-refractivity contribution is 0.0561. The van der Waals surface area contributed by atoms with Crippen LogP contribution >= 0.6 is 0 Å². The maximum Gasteiger partial charge on any atom is 0.182 e. The zero-order chi connectivity index (χ0) is 15.0. The first kappa shape index (κ1) is 14.6. The summed E-state index contributed by atoms with van der Waals surface area (Å²) in [4.78, 5) is 14.8. The lowest BCUT2D eigenvalue weighted by Crippen LogP contribution is -2.50. The van der Waals surface area contributed by atoms with Crippen LogP contribution < -0.4 is 0 Å². The van der Waals surface area contributed by atoms with Crippen molar-refractivity contribution < 1.29 is 13.6 Å². The summed E-state index contributed by atoms with van der Waals surface area (Å²) < 4.78 is 26.8. The molecule has 0 amide bonds. The van der Waals surface area contributed by atoms with E-state index < -0.39 is 11.6 Å². The van der Waals surface area contributed by atoms with E-state index in [1.807, 2.05) is 6.92 Å². The second-order valence-electron chi connectivity index (χ2n) is 6.30. The molecule has 3 unspecified atom stereocenters. The summed E-state index contributed by atoms with van der Waals surface area (Å²) in [5.74, 6) is -0.954. The number of carbonyl (C=O) groups excluding carboxylic acids is 1. The first-order valence-electron chi connectivity index (χ1n) is 7.83. The standard InChI is InChI=1S/C17H21F2NO/c1-11(17(21)14-8-7-13(18)10-15(14)19)20-9-3-5-12-4-2-6-16(12)20/h7-8,10-12,16H,2-6,9H2,1H3. The molecule has 1 aromatic rings. The molecule has 1 heterocycles. The highest BCUT2D eigenvalue weighted by Crippen LogP contribution is 2.38. The lowest BCUT2D eigenvalue weighted by atomic mass is 9.89. The number of likely N-dealkylation sites (tertiary alicyclic amines) is 1. The van der Waals surface area contributed by atoms with Gasteiger partial charge in [-0.2, -0.15) is 0 Å². The van der Waals surface area contributed by atoms with E-state index >= 15 is 0 Å². The fourth-order valence-corrected chi connectivity index (χ4v) is 4.04. The van der Waals surface area contributed by atoms with Crippen molar-refractivity contribution in [2.75, 3.05) is 6.54 Å². The fraction of sp³-hybridized carbons (Fsp3) is 0.588. The number of carbonyl (C=O) groups is 1. The van der Waals surface area contributed by atoms with E-state index in [4.69, 9.17) is 0 Å². The Kier molecular flexibility index (Phi) is 4.07. The van der Waals surface area contributed by atoms with Crippen LogP contribution in [-0.4, -0.2) is 29.3 Å². The van der Waals surface area contributed by atoms with Gasteiger partial charge < -0.3 is 0 Å². The Balaban J connectivity index is 1.80. The molecular formula is C17H21F2NO. The van der Waals surface area contributed by atoms with Crippen molar-refractivity contribution >= 4 is 5.78 Å². The van der Waals surface area contributed by atoms with Gasteiger partial charge in [0.1, 0.15) is 11.6 Å². The molecule has 21 heavy (non-hydrogen) atoms. The van der Waals surface area contributed by atoms with E-state index in [1.54, 1.807) is 0 Å². The quantitative estimate of drug-likeness (QED) is 0.790. The van der Waals surface area contributed by atoms with Crippen molar-refractivity contribution in [3.63, 3.8) is 0 Å². The highest BCUT2D eigenvalue weighted by atomic mass is 19.1. The molecule has 1 aliphatic carbocycles. The van der Waals surface area contributed by atoms with Crippen LogP contribution in [0.2, 0.25) is 0 Å². The highest BCUT2D eigenvalue weighted by molar-refractivity contribution is 6.00. The van der Waals surface area contributed by atoms with Crippen LogP contribution in [0, 0.1) is 17.6 Å². The summed E-state index contributed by atoms with van der Waals surface area (Å²) in [5, 5.41) is 0. The van der Waals surface area contributed by atoms with Crippen LogP contribution in [0.15, 0.2) is 18.2 Å². The molecule has 0 spiro atoms. The third-order valence-electron chi connectivity index (χ3n) is 5.11. The summed E-state index contributed by atoms with van der Waals surface area (Å²) in [6, 6.07) is 3.32. The first-order chi connectivity index (χ1) is 10.1. The van der Waals surface area contributed by atoms with E-state index in [0.717, 1.165) is 31.5 Å². The third kappa shape index (κ3) is 2.73. The minimum Gasteiger partial charge on any atom is -0.292 e. The Bertz CT molecular complexity index is 546. The summed E-state index contributed by atoms with van der Waals surface area (Å²) in [6.45, 7) is 2.75. The molecule has 1 saturated heterocycles. The number of halogens is 2. The molecule has 0 N–H and O–H groups in total. The average molecular weight is 293 g/mol. The van der Waals surface area contributed by atoms with E-state index in [2.05, 4.69) is 4.90 Å². The molecule has 114 valence electrons. The topological polar surface area (TPSA) is 20.3 Å². The molecule has 0 radical (unpaired) electrons. The molecule has 3 atom stereocenters. The van der Waals surface area contributed by atoms with Gasteiger partial charge in [0, 0.05) is 12.1 Å². The van der Waals surface area contributed by atoms with Crippen LogP contribution in [-0.2, 0) is 0 Å². The zero-order valence-electron chi connectivity index (χ0n) is 12.3. The van der Waals surface area contributed by atoms with Crippen molar-refractivity contribution in [3.05, 3.63) is 35.4 Å². The van der Waals surface area contributed by atoms with Crippen molar-refractivity contribution in [2.24, 2.45) is 5.92 Å². The van der Waals surface area contributed by atoms with Gasteiger partial charge in [-0.15, -0.1) is 0 Å². The number of piperidine rings is 1. The molecule has 2 nitrogen and oxygen atoms in total. The Morgan fingerprint density at radius 2 is 2.00 bits per heavy atom. The maximum absolute atomic E-state index is 13.8. The van der Waals surface area contributed by atoms with Crippen LogP contribution in [0.1, 0.15) is 49.4 Å². The Morgan fingerprint density at radius 3 is 2.76 bits per heavy atom. The number of nitrogens with zero attached hydrogens (tertiary/aromatic N) is 1. The van der Waals surface area contributed by atoms with Crippen LogP contribution in [0.4, 0.5) is 8.78 Å². The summed E-state index contributed by atoms with van der Waals surface area (Å²) in [7, 11) is 0. The summed E-state index contributed by atoms with van der Waals surface area (Å²) >= 11 is 0. The molecule has 2 fully saturated rings.